The van der Waals surface area contributed by atoms with Crippen LogP contribution in [0.25, 0.3) is 0 Å². The van der Waals surface area contributed by atoms with Crippen LogP contribution in [0.3, 0.4) is 0 Å². The lowest BCUT2D eigenvalue weighted by molar-refractivity contribution is -0.135. The van der Waals surface area contributed by atoms with Gasteiger partial charge in [-0.1, -0.05) is 18.2 Å². The van der Waals surface area contributed by atoms with Crippen LogP contribution in [-0.4, -0.2) is 30.2 Å². The molecule has 0 heterocycles. The number of hydrogen-bond donors (Lipinski definition) is 2. The van der Waals surface area contributed by atoms with Crippen LogP contribution in [0, 0.1) is 12.3 Å². The van der Waals surface area contributed by atoms with Crippen LogP contribution in [0.2, 0.25) is 0 Å². The number of carbonyl (C=O) groups is 2. The molecule has 0 bridgehead atoms. The maximum absolute atomic E-state index is 11.9. The fraction of sp³-hybridized carbons (Fsp3) is 0.286. The summed E-state index contributed by atoms with van der Waals surface area (Å²) in [4.78, 5) is 23.9. The predicted octanol–water partition coefficient (Wildman–Crippen LogP) is 1.70. The summed E-state index contributed by atoms with van der Waals surface area (Å²) in [6.45, 7) is 0.0387. The minimum atomic E-state index is -1.07. The standard InChI is InChI=1S/C14H16N2O3/c1-2-3-7-10-15-14(19)16(11-13(17)18)12-8-5-4-6-9-12/h1,4-6,8-9H,3,7,10-11H2,(H,15,19)(H,17,18). The minimum Gasteiger partial charge on any atom is -0.480 e. The Labute approximate surface area is 112 Å². The van der Waals surface area contributed by atoms with E-state index in [0.29, 0.717) is 25.1 Å². The zero-order chi connectivity index (χ0) is 14.1. The second kappa shape index (κ2) is 7.77. The third-order valence-electron chi connectivity index (χ3n) is 2.38. The van der Waals surface area contributed by atoms with Crippen molar-refractivity contribution >= 4 is 17.7 Å². The molecule has 100 valence electrons. The van der Waals surface area contributed by atoms with Crippen molar-refractivity contribution in [1.29, 1.82) is 0 Å². The summed E-state index contributed by atoms with van der Waals surface area (Å²) in [5.74, 6) is 1.41. The van der Waals surface area contributed by atoms with Gasteiger partial charge >= 0.3 is 12.0 Å². The Balaban J connectivity index is 2.67. The highest BCUT2D eigenvalue weighted by Gasteiger charge is 2.17. The number of terminal acetylenes is 1. The largest absolute Gasteiger partial charge is 0.480 e. The van der Waals surface area contributed by atoms with Gasteiger partial charge < -0.3 is 10.4 Å². The second-order valence-corrected chi connectivity index (χ2v) is 3.86. The lowest BCUT2D eigenvalue weighted by atomic mass is 10.3. The van der Waals surface area contributed by atoms with Gasteiger partial charge in [-0.15, -0.1) is 12.3 Å². The smallest absolute Gasteiger partial charge is 0.323 e. The maximum Gasteiger partial charge on any atom is 0.323 e. The number of unbranched alkanes of at least 4 members (excludes halogenated alkanes) is 1. The molecule has 1 rings (SSSR count). The third kappa shape index (κ3) is 5.13. The molecule has 0 fully saturated rings. The van der Waals surface area contributed by atoms with Gasteiger partial charge in [-0.25, -0.2) is 4.79 Å². The molecule has 0 atom stereocenters. The van der Waals surface area contributed by atoms with Crippen LogP contribution in [0.5, 0.6) is 0 Å². The molecule has 1 aromatic carbocycles. The molecule has 0 unspecified atom stereocenters. The Morgan fingerprint density at radius 3 is 2.58 bits per heavy atom. The van der Waals surface area contributed by atoms with Crippen LogP contribution in [0.15, 0.2) is 30.3 Å². The van der Waals surface area contributed by atoms with Crippen LogP contribution >= 0.6 is 0 Å². The van der Waals surface area contributed by atoms with E-state index < -0.39 is 12.0 Å². The molecule has 0 aromatic heterocycles. The second-order valence-electron chi connectivity index (χ2n) is 3.86. The Bertz CT molecular complexity index is 465. The number of hydrogen-bond acceptors (Lipinski definition) is 2. The highest BCUT2D eigenvalue weighted by molar-refractivity contribution is 5.96. The number of amides is 2. The van der Waals surface area contributed by atoms with Gasteiger partial charge in [0.15, 0.2) is 0 Å². The van der Waals surface area contributed by atoms with E-state index in [1.807, 2.05) is 0 Å². The van der Waals surface area contributed by atoms with Crippen LogP contribution in [0.1, 0.15) is 12.8 Å². The quantitative estimate of drug-likeness (QED) is 0.604. The van der Waals surface area contributed by atoms with Crippen molar-refractivity contribution in [2.75, 3.05) is 18.0 Å². The van der Waals surface area contributed by atoms with Gasteiger partial charge in [-0.3, -0.25) is 9.69 Å². The van der Waals surface area contributed by atoms with Crippen molar-refractivity contribution in [3.63, 3.8) is 0 Å². The summed E-state index contributed by atoms with van der Waals surface area (Å²) in [6, 6.07) is 8.22. The predicted molar refractivity (Wildman–Crippen MR) is 72.9 cm³/mol. The highest BCUT2D eigenvalue weighted by Crippen LogP contribution is 2.12. The first-order chi connectivity index (χ1) is 9.15. The molecule has 2 amide bonds. The number of carboxylic acid groups (broad SMARTS) is 1. The Hall–Kier alpha value is -2.48. The Morgan fingerprint density at radius 2 is 2.00 bits per heavy atom. The topological polar surface area (TPSA) is 69.6 Å². The number of aliphatic carboxylic acids is 1. The minimum absolute atomic E-state index is 0.384. The van der Waals surface area contributed by atoms with Crippen molar-refractivity contribution < 1.29 is 14.7 Å². The maximum atomic E-state index is 11.9. The number of nitrogens with one attached hydrogen (secondary N) is 1. The van der Waals surface area contributed by atoms with Gasteiger partial charge in [0.2, 0.25) is 0 Å². The lowest BCUT2D eigenvalue weighted by Gasteiger charge is -2.21. The van der Waals surface area contributed by atoms with Gasteiger partial charge in [0, 0.05) is 18.7 Å². The first-order valence-electron chi connectivity index (χ1n) is 5.91. The van der Waals surface area contributed by atoms with E-state index in [0.717, 1.165) is 0 Å². The molecule has 19 heavy (non-hydrogen) atoms. The number of urea groups is 1. The van der Waals surface area contributed by atoms with Gasteiger partial charge in [0.25, 0.3) is 0 Å². The van der Waals surface area contributed by atoms with E-state index in [2.05, 4.69) is 11.2 Å². The normalized spacial score (nSPS) is 9.42. The highest BCUT2D eigenvalue weighted by atomic mass is 16.4. The Kier molecular flexibility index (Phi) is 5.96. The summed E-state index contributed by atoms with van der Waals surface area (Å²) in [6.07, 6.45) is 6.35. The SMILES string of the molecule is C#CCCCNC(=O)N(CC(=O)O)c1ccccc1. The first-order valence-corrected chi connectivity index (χ1v) is 5.91. The molecule has 5 nitrogen and oxygen atoms in total. The van der Waals surface area contributed by atoms with Crippen molar-refractivity contribution in [2.24, 2.45) is 0 Å². The Morgan fingerprint density at radius 1 is 1.32 bits per heavy atom. The van der Waals surface area contributed by atoms with Gasteiger partial charge in [-0.2, -0.15) is 0 Å². The number of benzene rings is 1. The van der Waals surface area contributed by atoms with E-state index >= 15 is 0 Å². The van der Waals surface area contributed by atoms with Crippen LogP contribution in [-0.2, 0) is 4.79 Å². The van der Waals surface area contributed by atoms with Gasteiger partial charge in [-0.05, 0) is 18.6 Å². The number of anilines is 1. The zero-order valence-electron chi connectivity index (χ0n) is 10.5. The number of carbonyl (C=O) groups excluding carboxylic acids is 1. The molecule has 0 aliphatic carbocycles. The van der Waals surface area contributed by atoms with Crippen molar-refractivity contribution in [3.8, 4) is 12.3 Å². The summed E-state index contributed by atoms with van der Waals surface area (Å²) in [5, 5.41) is 11.5. The monoisotopic (exact) mass is 260 g/mol. The summed E-state index contributed by atoms with van der Waals surface area (Å²) < 4.78 is 0. The molecule has 0 aliphatic rings. The fourth-order valence-electron chi connectivity index (χ4n) is 1.50. The molecule has 0 spiro atoms. The number of para-hydroxylation sites is 1. The molecular formula is C14H16N2O3. The molecular weight excluding hydrogens is 244 g/mol. The summed E-state index contributed by atoms with van der Waals surface area (Å²) >= 11 is 0. The fourth-order valence-corrected chi connectivity index (χ4v) is 1.50. The van der Waals surface area contributed by atoms with Crippen LogP contribution < -0.4 is 10.2 Å². The van der Waals surface area contributed by atoms with E-state index in [9.17, 15) is 9.59 Å². The summed E-state index contributed by atoms with van der Waals surface area (Å²) in [5.41, 5.74) is 0.541. The molecule has 0 radical (unpaired) electrons. The van der Waals surface area contributed by atoms with E-state index in [4.69, 9.17) is 11.5 Å². The number of carboxylic acids is 1. The van der Waals surface area contributed by atoms with E-state index in [1.165, 1.54) is 4.90 Å². The zero-order valence-corrected chi connectivity index (χ0v) is 10.5. The molecule has 0 saturated carbocycles. The van der Waals surface area contributed by atoms with Gasteiger partial charge in [0.1, 0.15) is 6.54 Å². The summed E-state index contributed by atoms with van der Waals surface area (Å²) in [7, 11) is 0. The molecule has 0 saturated heterocycles. The molecule has 0 aliphatic heterocycles. The molecule has 1 aromatic rings. The first kappa shape index (κ1) is 14.6. The molecule has 2 N–H and O–H groups in total. The number of nitrogens with zero attached hydrogens (tertiary/aromatic N) is 1. The van der Waals surface area contributed by atoms with Crippen molar-refractivity contribution in [1.82, 2.24) is 5.32 Å². The molecule has 5 heteroatoms. The van der Waals surface area contributed by atoms with Crippen molar-refractivity contribution in [3.05, 3.63) is 30.3 Å². The average molecular weight is 260 g/mol. The van der Waals surface area contributed by atoms with Gasteiger partial charge in [0.05, 0.1) is 0 Å². The lowest BCUT2D eigenvalue weighted by Crippen LogP contribution is -2.43. The van der Waals surface area contributed by atoms with E-state index in [1.54, 1.807) is 30.3 Å². The third-order valence-corrected chi connectivity index (χ3v) is 2.38. The average Bonchev–Trinajstić information content (AvgIpc) is 2.41. The van der Waals surface area contributed by atoms with Crippen molar-refractivity contribution in [2.45, 2.75) is 12.8 Å². The number of rotatable bonds is 6. The van der Waals surface area contributed by atoms with Crippen LogP contribution in [0.4, 0.5) is 10.5 Å². The van der Waals surface area contributed by atoms with E-state index in [-0.39, 0.29) is 6.54 Å².